The molecule has 1 unspecified atom stereocenters. The van der Waals surface area contributed by atoms with Gasteiger partial charge in [0.2, 0.25) is 5.88 Å². The smallest absolute Gasteiger partial charge is 0.256 e. The molecule has 1 aliphatic carbocycles. The molecule has 0 saturated carbocycles. The van der Waals surface area contributed by atoms with Crippen LogP contribution in [0, 0.1) is 11.3 Å². The van der Waals surface area contributed by atoms with Crippen LogP contribution >= 0.6 is 11.3 Å². The number of thiophene rings is 1. The second kappa shape index (κ2) is 8.68. The number of rotatable bonds is 3. The first-order valence-corrected chi connectivity index (χ1v) is 13.1. The van der Waals surface area contributed by atoms with Crippen LogP contribution in [0.5, 0.6) is 11.5 Å². The molecule has 0 amide bonds. The lowest BCUT2D eigenvalue weighted by Gasteiger charge is -2.26. The molecule has 6 rings (SSSR count). The average molecular weight is 499 g/mol. The molecule has 3 aromatic heterocycles. The molecule has 1 aromatic carbocycles. The number of aryl methyl sites for hydroxylation is 2. The van der Waals surface area contributed by atoms with Gasteiger partial charge in [0.25, 0.3) is 5.56 Å². The van der Waals surface area contributed by atoms with Crippen molar-refractivity contribution in [2.24, 2.45) is 5.73 Å². The highest BCUT2D eigenvalue weighted by atomic mass is 32.1. The maximum Gasteiger partial charge on any atom is 0.256 e. The van der Waals surface area contributed by atoms with E-state index in [-0.39, 0.29) is 23.1 Å². The van der Waals surface area contributed by atoms with Crippen molar-refractivity contribution in [3.05, 3.63) is 74.5 Å². The van der Waals surface area contributed by atoms with Gasteiger partial charge in [0, 0.05) is 11.1 Å². The number of benzene rings is 1. The number of fused-ring (bicyclic) bond motifs is 6. The van der Waals surface area contributed by atoms with Gasteiger partial charge in [0.1, 0.15) is 22.2 Å². The Bertz CT molecular complexity index is 1640. The minimum Gasteiger partial charge on any atom is -0.491 e. The summed E-state index contributed by atoms with van der Waals surface area (Å²) in [7, 11) is 0. The van der Waals surface area contributed by atoms with Crippen molar-refractivity contribution in [2.75, 3.05) is 0 Å². The van der Waals surface area contributed by atoms with Crippen molar-refractivity contribution >= 4 is 31.8 Å². The SMILES string of the molecule is CC(C)Oc1ccc(C2C(C#N)=C(N)Oc3c2c(=O)[nH]c2c3sc3nc4c(cc32)CCCCC4)cc1. The van der Waals surface area contributed by atoms with Crippen molar-refractivity contribution in [1.29, 1.82) is 5.26 Å². The van der Waals surface area contributed by atoms with Gasteiger partial charge in [0.05, 0.1) is 27.8 Å². The minimum absolute atomic E-state index is 0.0191. The van der Waals surface area contributed by atoms with E-state index >= 15 is 0 Å². The van der Waals surface area contributed by atoms with E-state index in [0.29, 0.717) is 16.8 Å². The zero-order valence-electron chi connectivity index (χ0n) is 20.2. The number of pyridine rings is 2. The largest absolute Gasteiger partial charge is 0.491 e. The zero-order valence-corrected chi connectivity index (χ0v) is 21.0. The Labute approximate surface area is 212 Å². The standard InChI is InChI=1S/C28H26N4O3S/c1-14(2)34-17-10-8-15(9-11-17)21-19(13-29)26(30)35-24-22(21)27(33)32-23-18-12-16-6-4-3-5-7-20(16)31-28(18)36-25(23)24/h8-12,14,21H,3-7,30H2,1-2H3,(H,32,33). The molecule has 182 valence electrons. The molecule has 36 heavy (non-hydrogen) atoms. The Morgan fingerprint density at radius 1 is 1.22 bits per heavy atom. The van der Waals surface area contributed by atoms with Crippen molar-refractivity contribution in [3.63, 3.8) is 0 Å². The van der Waals surface area contributed by atoms with E-state index in [4.69, 9.17) is 20.2 Å². The molecule has 1 aliphatic heterocycles. The Kier molecular flexibility index (Phi) is 5.45. The van der Waals surface area contributed by atoms with Crippen LogP contribution in [0.2, 0.25) is 0 Å². The topological polar surface area (TPSA) is 114 Å². The molecular weight excluding hydrogens is 472 g/mol. The number of hydrogen-bond donors (Lipinski definition) is 2. The molecule has 0 saturated heterocycles. The molecule has 1 atom stereocenters. The lowest BCUT2D eigenvalue weighted by atomic mass is 9.84. The molecule has 0 bridgehead atoms. The third-order valence-corrected chi connectivity index (χ3v) is 8.00. The number of aromatic amines is 1. The zero-order chi connectivity index (χ0) is 25.0. The third kappa shape index (κ3) is 3.62. The Balaban J connectivity index is 1.56. The summed E-state index contributed by atoms with van der Waals surface area (Å²) < 4.78 is 12.6. The lowest BCUT2D eigenvalue weighted by molar-refractivity contribution is 0.242. The molecular formula is C28H26N4O3S. The van der Waals surface area contributed by atoms with Gasteiger partial charge in [-0.2, -0.15) is 5.26 Å². The summed E-state index contributed by atoms with van der Waals surface area (Å²) in [4.78, 5) is 22.5. The van der Waals surface area contributed by atoms with Gasteiger partial charge in [-0.3, -0.25) is 4.79 Å². The quantitative estimate of drug-likeness (QED) is 0.365. The number of allylic oxidation sites excluding steroid dienone is 1. The van der Waals surface area contributed by atoms with E-state index in [0.717, 1.165) is 57.6 Å². The second-order valence-electron chi connectivity index (χ2n) is 9.67. The molecule has 4 heterocycles. The monoisotopic (exact) mass is 498 g/mol. The van der Waals surface area contributed by atoms with Crippen molar-refractivity contribution < 1.29 is 9.47 Å². The number of aromatic nitrogens is 2. The number of nitrogens with two attached hydrogens (primary N) is 1. The summed E-state index contributed by atoms with van der Waals surface area (Å²) in [6.45, 7) is 3.92. The van der Waals surface area contributed by atoms with Crippen LogP contribution in [-0.4, -0.2) is 16.1 Å². The maximum absolute atomic E-state index is 13.6. The number of hydrogen-bond acceptors (Lipinski definition) is 7. The van der Waals surface area contributed by atoms with Gasteiger partial charge in [-0.05, 0) is 68.9 Å². The van der Waals surface area contributed by atoms with Crippen molar-refractivity contribution in [2.45, 2.75) is 58.0 Å². The number of ether oxygens (including phenoxy) is 2. The molecule has 0 spiro atoms. The summed E-state index contributed by atoms with van der Waals surface area (Å²) in [6.07, 6.45) is 5.52. The normalized spacial score (nSPS) is 17.4. The summed E-state index contributed by atoms with van der Waals surface area (Å²) in [5.41, 5.74) is 10.5. The van der Waals surface area contributed by atoms with Crippen LogP contribution in [0.4, 0.5) is 0 Å². The number of H-pyrrole nitrogens is 1. The maximum atomic E-state index is 13.6. The molecule has 0 fully saturated rings. The van der Waals surface area contributed by atoms with Crippen LogP contribution in [0.3, 0.4) is 0 Å². The van der Waals surface area contributed by atoms with Gasteiger partial charge < -0.3 is 20.2 Å². The summed E-state index contributed by atoms with van der Waals surface area (Å²) in [5.74, 6) is 0.507. The van der Waals surface area contributed by atoms with Crippen LogP contribution < -0.4 is 20.8 Å². The fraction of sp³-hybridized carbons (Fsp3) is 0.321. The third-order valence-electron chi connectivity index (χ3n) is 6.91. The molecule has 0 radical (unpaired) electrons. The van der Waals surface area contributed by atoms with Crippen LogP contribution in [0.15, 0.2) is 46.6 Å². The molecule has 2 aliphatic rings. The lowest BCUT2D eigenvalue weighted by Crippen LogP contribution is -2.27. The molecule has 7 nitrogen and oxygen atoms in total. The van der Waals surface area contributed by atoms with E-state index in [1.165, 1.54) is 23.3 Å². The fourth-order valence-electron chi connectivity index (χ4n) is 5.29. The van der Waals surface area contributed by atoms with Gasteiger partial charge in [0.15, 0.2) is 5.75 Å². The summed E-state index contributed by atoms with van der Waals surface area (Å²) >= 11 is 1.49. The van der Waals surface area contributed by atoms with Crippen LogP contribution in [0.1, 0.15) is 61.4 Å². The van der Waals surface area contributed by atoms with E-state index in [2.05, 4.69) is 17.1 Å². The van der Waals surface area contributed by atoms with Gasteiger partial charge in [-0.25, -0.2) is 4.98 Å². The number of nitrogens with one attached hydrogen (secondary N) is 1. The van der Waals surface area contributed by atoms with Crippen molar-refractivity contribution in [3.8, 4) is 17.6 Å². The van der Waals surface area contributed by atoms with Crippen LogP contribution in [-0.2, 0) is 12.8 Å². The Morgan fingerprint density at radius 2 is 2.00 bits per heavy atom. The van der Waals surface area contributed by atoms with Crippen molar-refractivity contribution in [1.82, 2.24) is 9.97 Å². The average Bonchev–Trinajstić information content (AvgIpc) is 3.03. The number of nitriles is 1. The predicted octanol–water partition coefficient (Wildman–Crippen LogP) is 5.41. The Morgan fingerprint density at radius 3 is 2.75 bits per heavy atom. The fourth-order valence-corrected chi connectivity index (χ4v) is 6.42. The molecule has 3 N–H and O–H groups in total. The number of nitrogens with zero attached hydrogens (tertiary/aromatic N) is 2. The highest BCUT2D eigenvalue weighted by Gasteiger charge is 2.35. The van der Waals surface area contributed by atoms with Crippen LogP contribution in [0.25, 0.3) is 20.4 Å². The van der Waals surface area contributed by atoms with E-state index in [1.54, 1.807) is 0 Å². The van der Waals surface area contributed by atoms with Gasteiger partial charge in [-0.1, -0.05) is 18.6 Å². The first kappa shape index (κ1) is 22.6. The minimum atomic E-state index is -0.644. The van der Waals surface area contributed by atoms with Gasteiger partial charge >= 0.3 is 0 Å². The van der Waals surface area contributed by atoms with E-state index in [1.807, 2.05) is 38.1 Å². The van der Waals surface area contributed by atoms with E-state index < -0.39 is 5.92 Å². The Hall–Kier alpha value is -3.83. The summed E-state index contributed by atoms with van der Waals surface area (Å²) in [6, 6.07) is 11.8. The summed E-state index contributed by atoms with van der Waals surface area (Å²) in [5, 5.41) is 10.9. The highest BCUT2D eigenvalue weighted by molar-refractivity contribution is 7.25. The first-order valence-electron chi connectivity index (χ1n) is 12.3. The highest BCUT2D eigenvalue weighted by Crippen LogP contribution is 2.47. The predicted molar refractivity (Wildman–Crippen MR) is 141 cm³/mol. The molecule has 4 aromatic rings. The van der Waals surface area contributed by atoms with E-state index in [9.17, 15) is 10.1 Å². The second-order valence-corrected chi connectivity index (χ2v) is 10.7. The first-order chi connectivity index (χ1) is 17.4. The molecule has 8 heteroatoms. The van der Waals surface area contributed by atoms with Gasteiger partial charge in [-0.15, -0.1) is 11.3 Å².